The summed E-state index contributed by atoms with van der Waals surface area (Å²) < 4.78 is 12.4. The lowest BCUT2D eigenvalue weighted by Crippen LogP contribution is -2.76. The van der Waals surface area contributed by atoms with Gasteiger partial charge in [-0.2, -0.15) is 0 Å². The highest BCUT2D eigenvalue weighted by Gasteiger charge is 2.73. The number of carbonyl (C=O) groups is 2. The van der Waals surface area contributed by atoms with Crippen LogP contribution in [0.25, 0.3) is 0 Å². The van der Waals surface area contributed by atoms with Crippen LogP contribution >= 0.6 is 0 Å². The molecule has 48 heavy (non-hydrogen) atoms. The van der Waals surface area contributed by atoms with Gasteiger partial charge in [0, 0.05) is 31.0 Å². The number of Topliss-reactive ketones (excluding diaryl/α,β-unsaturated/α-hetero) is 1. The standard InChI is InChI=1S/C42H65NO5/c1-2-3-4-5-6-7-8-9-10-11-12-13-14-15-16-17-18-19-20-21-37(45)47-35-25-24-33-30-36-42(46)27-26-34(44)40-41(42,38(33)39(35)48-40)28-29-43(36)31-32-22-23-32/h24-25,32,36,40,46H,2-23,26-31H2,1H3/t36?,40-,41-,42+/m0/s1. The molecule has 5 aliphatic rings. The van der Waals surface area contributed by atoms with Crippen LogP contribution in [0, 0.1) is 5.92 Å². The number of hydrogen-bond acceptors (Lipinski definition) is 6. The quantitative estimate of drug-likeness (QED) is 0.0714. The molecule has 1 spiro atoms. The maximum absolute atomic E-state index is 13.3. The Morgan fingerprint density at radius 3 is 2.02 bits per heavy atom. The number of benzene rings is 1. The van der Waals surface area contributed by atoms with Crippen LogP contribution in [0.1, 0.15) is 179 Å². The first kappa shape index (κ1) is 35.9. The van der Waals surface area contributed by atoms with Gasteiger partial charge in [0.2, 0.25) is 0 Å². The van der Waals surface area contributed by atoms with Gasteiger partial charge in [-0.15, -0.1) is 0 Å². The molecular formula is C42H65NO5. The van der Waals surface area contributed by atoms with Gasteiger partial charge in [0.15, 0.2) is 23.4 Å². The molecule has 1 N–H and O–H groups in total. The molecule has 3 fully saturated rings. The van der Waals surface area contributed by atoms with Crippen molar-refractivity contribution in [2.24, 2.45) is 5.92 Å². The van der Waals surface area contributed by atoms with Crippen LogP contribution in [0.15, 0.2) is 12.1 Å². The van der Waals surface area contributed by atoms with Gasteiger partial charge in [0.25, 0.3) is 0 Å². The Labute approximate surface area is 291 Å². The van der Waals surface area contributed by atoms with Crippen molar-refractivity contribution < 1.29 is 24.2 Å². The van der Waals surface area contributed by atoms with E-state index in [1.165, 1.54) is 122 Å². The summed E-state index contributed by atoms with van der Waals surface area (Å²) in [5.74, 6) is 1.56. The lowest BCUT2D eigenvalue weighted by Gasteiger charge is -2.62. The molecule has 0 amide bonds. The molecule has 4 atom stereocenters. The minimum absolute atomic E-state index is 0.00673. The van der Waals surface area contributed by atoms with Crippen molar-refractivity contribution in [3.8, 4) is 11.5 Å². The predicted octanol–water partition coefficient (Wildman–Crippen LogP) is 9.55. The summed E-state index contributed by atoms with van der Waals surface area (Å²) in [6.07, 6.45) is 29.8. The van der Waals surface area contributed by atoms with Gasteiger partial charge in [-0.1, -0.05) is 129 Å². The molecule has 2 heterocycles. The summed E-state index contributed by atoms with van der Waals surface area (Å²) in [5, 5.41) is 12.5. The molecular weight excluding hydrogens is 598 g/mol. The maximum Gasteiger partial charge on any atom is 0.311 e. The largest absolute Gasteiger partial charge is 0.477 e. The summed E-state index contributed by atoms with van der Waals surface area (Å²) in [7, 11) is 0. The Morgan fingerprint density at radius 2 is 1.44 bits per heavy atom. The molecule has 2 aliphatic heterocycles. The van der Waals surface area contributed by atoms with Gasteiger partial charge < -0.3 is 14.6 Å². The number of unbranched alkanes of at least 4 members (excludes halogenated alkanes) is 18. The lowest BCUT2D eigenvalue weighted by molar-refractivity contribution is -0.188. The van der Waals surface area contributed by atoms with Crippen molar-refractivity contribution in [3.05, 3.63) is 23.3 Å². The van der Waals surface area contributed by atoms with Gasteiger partial charge >= 0.3 is 5.97 Å². The number of esters is 1. The summed E-state index contributed by atoms with van der Waals surface area (Å²) in [6.45, 7) is 4.20. The zero-order chi connectivity index (χ0) is 33.4. The normalized spacial score (nSPS) is 27.2. The fraction of sp³-hybridized carbons (Fsp3) is 0.810. The van der Waals surface area contributed by atoms with Crippen molar-refractivity contribution in [3.63, 3.8) is 0 Å². The molecule has 2 saturated carbocycles. The van der Waals surface area contributed by atoms with E-state index in [0.717, 1.165) is 49.4 Å². The van der Waals surface area contributed by atoms with E-state index in [4.69, 9.17) is 9.47 Å². The Balaban J connectivity index is 0.871. The van der Waals surface area contributed by atoms with Crippen molar-refractivity contribution in [1.82, 2.24) is 4.90 Å². The van der Waals surface area contributed by atoms with E-state index in [2.05, 4.69) is 17.9 Å². The van der Waals surface area contributed by atoms with Crippen LogP contribution < -0.4 is 9.47 Å². The summed E-state index contributed by atoms with van der Waals surface area (Å²) in [4.78, 5) is 28.8. The van der Waals surface area contributed by atoms with Gasteiger partial charge in [-0.3, -0.25) is 14.5 Å². The lowest BCUT2D eigenvalue weighted by atomic mass is 9.49. The molecule has 6 nitrogen and oxygen atoms in total. The third kappa shape index (κ3) is 7.85. The molecule has 6 heteroatoms. The van der Waals surface area contributed by atoms with E-state index >= 15 is 0 Å². The predicted molar refractivity (Wildman–Crippen MR) is 192 cm³/mol. The Bertz CT molecular complexity index is 1230. The van der Waals surface area contributed by atoms with Crippen LogP contribution in [-0.4, -0.2) is 52.6 Å². The van der Waals surface area contributed by atoms with Crippen molar-refractivity contribution in [2.45, 2.75) is 197 Å². The zero-order valence-electron chi connectivity index (χ0n) is 30.2. The van der Waals surface area contributed by atoms with Crippen molar-refractivity contribution >= 4 is 11.8 Å². The van der Waals surface area contributed by atoms with Crippen LogP contribution in [-0.2, 0) is 21.4 Å². The molecule has 268 valence electrons. The Hall–Kier alpha value is -1.92. The van der Waals surface area contributed by atoms with Gasteiger partial charge in [-0.05, 0) is 62.6 Å². The Kier molecular flexibility index (Phi) is 12.6. The van der Waals surface area contributed by atoms with E-state index < -0.39 is 17.1 Å². The van der Waals surface area contributed by atoms with E-state index in [9.17, 15) is 14.7 Å². The molecule has 1 unspecified atom stereocenters. The number of ether oxygens (including phenoxy) is 2. The minimum atomic E-state index is -0.994. The molecule has 0 radical (unpaired) electrons. The van der Waals surface area contributed by atoms with Crippen molar-refractivity contribution in [2.75, 3.05) is 13.1 Å². The minimum Gasteiger partial charge on any atom is -0.477 e. The average Bonchev–Trinajstić information content (AvgIpc) is 3.82. The highest BCUT2D eigenvalue weighted by molar-refractivity contribution is 5.90. The molecule has 1 saturated heterocycles. The molecule has 3 aliphatic carbocycles. The zero-order valence-corrected chi connectivity index (χ0v) is 30.2. The van der Waals surface area contributed by atoms with E-state index in [1.807, 2.05) is 6.07 Å². The topological polar surface area (TPSA) is 76.1 Å². The number of rotatable bonds is 23. The number of piperidine rings is 1. The SMILES string of the molecule is CCCCCCCCCCCCCCCCCCCCCC(=O)Oc1ccc2c3c1O[C@H]1C(=O)CC[C@@]4(O)C(C2)N(CC2CC2)CC[C@]314. The molecule has 2 bridgehead atoms. The summed E-state index contributed by atoms with van der Waals surface area (Å²) in [6, 6.07) is 3.94. The van der Waals surface area contributed by atoms with Gasteiger partial charge in [0.05, 0.1) is 11.0 Å². The first-order chi connectivity index (χ1) is 23.5. The summed E-state index contributed by atoms with van der Waals surface area (Å²) >= 11 is 0. The maximum atomic E-state index is 13.3. The second-order valence-electron chi connectivity index (χ2n) is 16.3. The fourth-order valence-corrected chi connectivity index (χ4v) is 9.85. The molecule has 1 aromatic carbocycles. The summed E-state index contributed by atoms with van der Waals surface area (Å²) in [5.41, 5.74) is 0.382. The van der Waals surface area contributed by atoms with Gasteiger partial charge in [-0.25, -0.2) is 0 Å². The second kappa shape index (κ2) is 16.9. The molecule has 0 aromatic heterocycles. The van der Waals surface area contributed by atoms with E-state index in [1.54, 1.807) is 0 Å². The van der Waals surface area contributed by atoms with Crippen LogP contribution in [0.4, 0.5) is 0 Å². The fourth-order valence-electron chi connectivity index (χ4n) is 9.85. The molecule has 1 aromatic rings. The third-order valence-electron chi connectivity index (χ3n) is 12.8. The number of likely N-dealkylation sites (tertiary alicyclic amines) is 1. The Morgan fingerprint density at radius 1 is 0.854 bits per heavy atom. The van der Waals surface area contributed by atoms with Crippen LogP contribution in [0.3, 0.4) is 0 Å². The smallest absolute Gasteiger partial charge is 0.311 e. The van der Waals surface area contributed by atoms with Crippen LogP contribution in [0.5, 0.6) is 11.5 Å². The second-order valence-corrected chi connectivity index (χ2v) is 16.3. The third-order valence-corrected chi connectivity index (χ3v) is 12.8. The number of ketones is 1. The van der Waals surface area contributed by atoms with Crippen molar-refractivity contribution in [1.29, 1.82) is 0 Å². The number of aliphatic hydroxyl groups is 1. The number of hydrogen-bond donors (Lipinski definition) is 1. The average molecular weight is 664 g/mol. The van der Waals surface area contributed by atoms with E-state index in [-0.39, 0.29) is 17.8 Å². The van der Waals surface area contributed by atoms with Crippen LogP contribution in [0.2, 0.25) is 0 Å². The number of carbonyl (C=O) groups excluding carboxylic acids is 2. The number of nitrogens with zero attached hydrogens (tertiary/aromatic N) is 1. The van der Waals surface area contributed by atoms with Gasteiger partial charge in [0.1, 0.15) is 0 Å². The first-order valence-corrected chi connectivity index (χ1v) is 20.5. The van der Waals surface area contributed by atoms with E-state index in [0.29, 0.717) is 37.2 Å². The highest BCUT2D eigenvalue weighted by Crippen LogP contribution is 2.65. The monoisotopic (exact) mass is 663 g/mol. The highest BCUT2D eigenvalue weighted by atomic mass is 16.6. The molecule has 6 rings (SSSR count). The first-order valence-electron chi connectivity index (χ1n) is 20.5.